The molecular formula is C14H20N2O2S. The van der Waals surface area contributed by atoms with Crippen molar-refractivity contribution in [1.82, 2.24) is 10.2 Å². The Labute approximate surface area is 118 Å². The largest absolute Gasteiger partial charge is 0.480 e. The summed E-state index contributed by atoms with van der Waals surface area (Å²) in [4.78, 5) is 15.0. The first-order chi connectivity index (χ1) is 9.09. The third kappa shape index (κ3) is 2.78. The van der Waals surface area contributed by atoms with Gasteiger partial charge in [-0.15, -0.1) is 11.8 Å². The number of hydrogen-bond acceptors (Lipinski definition) is 4. The van der Waals surface area contributed by atoms with Gasteiger partial charge in [-0.3, -0.25) is 4.90 Å². The molecule has 1 aromatic carbocycles. The minimum absolute atomic E-state index is 0.757. The average molecular weight is 280 g/mol. The van der Waals surface area contributed by atoms with E-state index < -0.39 is 11.5 Å². The Kier molecular flexibility index (Phi) is 4.50. The Morgan fingerprint density at radius 3 is 2.37 bits per heavy atom. The predicted octanol–water partition coefficient (Wildman–Crippen LogP) is 1.61. The highest BCUT2D eigenvalue weighted by molar-refractivity contribution is 7.98. The number of carboxylic acids is 1. The summed E-state index contributed by atoms with van der Waals surface area (Å²) in [6.07, 6.45) is 2.02. The summed E-state index contributed by atoms with van der Waals surface area (Å²) in [5, 5.41) is 13.0. The number of rotatable bonds is 4. The van der Waals surface area contributed by atoms with Crippen molar-refractivity contribution >= 4 is 17.7 Å². The van der Waals surface area contributed by atoms with Crippen molar-refractivity contribution in [3.05, 3.63) is 29.8 Å². The van der Waals surface area contributed by atoms with Crippen LogP contribution in [0.2, 0.25) is 0 Å². The Bertz CT molecular complexity index is 443. The third-order valence-corrected chi connectivity index (χ3v) is 4.56. The van der Waals surface area contributed by atoms with Crippen LogP contribution < -0.4 is 5.32 Å². The number of carboxylic acid groups (broad SMARTS) is 1. The fourth-order valence-corrected chi connectivity index (χ4v) is 2.88. The maximum atomic E-state index is 11.8. The van der Waals surface area contributed by atoms with Crippen LogP contribution in [0.5, 0.6) is 0 Å². The molecule has 4 nitrogen and oxygen atoms in total. The molecule has 0 amide bonds. The zero-order chi connectivity index (χ0) is 13.9. The Morgan fingerprint density at radius 1 is 1.32 bits per heavy atom. The van der Waals surface area contributed by atoms with E-state index in [2.05, 4.69) is 5.32 Å². The molecule has 5 heteroatoms. The van der Waals surface area contributed by atoms with Gasteiger partial charge >= 0.3 is 5.97 Å². The topological polar surface area (TPSA) is 52.6 Å². The number of carbonyl (C=O) groups is 1. The number of benzene rings is 1. The first kappa shape index (κ1) is 14.4. The predicted molar refractivity (Wildman–Crippen MR) is 77.7 cm³/mol. The van der Waals surface area contributed by atoms with E-state index in [0.717, 1.165) is 36.6 Å². The van der Waals surface area contributed by atoms with Crippen LogP contribution in [-0.4, -0.2) is 48.4 Å². The van der Waals surface area contributed by atoms with E-state index in [-0.39, 0.29) is 0 Å². The molecule has 1 aliphatic heterocycles. The molecule has 1 fully saturated rings. The van der Waals surface area contributed by atoms with Gasteiger partial charge in [0.25, 0.3) is 0 Å². The van der Waals surface area contributed by atoms with Gasteiger partial charge in [0.15, 0.2) is 0 Å². The van der Waals surface area contributed by atoms with Crippen molar-refractivity contribution in [2.45, 2.75) is 17.4 Å². The second kappa shape index (κ2) is 5.94. The summed E-state index contributed by atoms with van der Waals surface area (Å²) in [5.41, 5.74) is -0.0985. The summed E-state index contributed by atoms with van der Waals surface area (Å²) < 4.78 is 0. The molecular weight excluding hydrogens is 260 g/mol. The molecule has 1 atom stereocenters. The molecule has 2 N–H and O–H groups in total. The smallest absolute Gasteiger partial charge is 0.328 e. The second-order valence-corrected chi connectivity index (χ2v) is 5.72. The fraction of sp³-hybridized carbons (Fsp3) is 0.500. The van der Waals surface area contributed by atoms with Crippen molar-refractivity contribution in [3.8, 4) is 0 Å². The van der Waals surface area contributed by atoms with Crippen molar-refractivity contribution in [1.29, 1.82) is 0 Å². The van der Waals surface area contributed by atoms with E-state index in [0.29, 0.717) is 0 Å². The van der Waals surface area contributed by atoms with E-state index in [9.17, 15) is 9.90 Å². The van der Waals surface area contributed by atoms with E-state index in [1.807, 2.05) is 35.4 Å². The number of thioether (sulfide) groups is 1. The normalized spacial score (nSPS) is 19.9. The van der Waals surface area contributed by atoms with Crippen molar-refractivity contribution in [3.63, 3.8) is 0 Å². The van der Waals surface area contributed by atoms with Crippen LogP contribution in [0, 0.1) is 0 Å². The van der Waals surface area contributed by atoms with Crippen LogP contribution in [0.4, 0.5) is 0 Å². The summed E-state index contributed by atoms with van der Waals surface area (Å²) in [6.45, 7) is 4.99. The molecule has 0 bridgehead atoms. The Balaban J connectivity index is 2.33. The quantitative estimate of drug-likeness (QED) is 0.821. The van der Waals surface area contributed by atoms with Gasteiger partial charge in [-0.05, 0) is 30.9 Å². The number of nitrogens with zero attached hydrogens (tertiary/aromatic N) is 1. The maximum Gasteiger partial charge on any atom is 0.328 e. The van der Waals surface area contributed by atoms with Crippen molar-refractivity contribution in [2.75, 3.05) is 32.4 Å². The van der Waals surface area contributed by atoms with Crippen LogP contribution in [0.25, 0.3) is 0 Å². The zero-order valence-electron chi connectivity index (χ0n) is 11.3. The molecule has 1 heterocycles. The number of aliphatic carboxylic acids is 1. The summed E-state index contributed by atoms with van der Waals surface area (Å²) in [6, 6.07) is 7.84. The molecule has 1 aromatic rings. The summed E-state index contributed by atoms with van der Waals surface area (Å²) >= 11 is 1.66. The lowest BCUT2D eigenvalue weighted by Gasteiger charge is -2.40. The van der Waals surface area contributed by atoms with E-state index in [1.165, 1.54) is 0 Å². The highest BCUT2D eigenvalue weighted by Crippen LogP contribution is 2.30. The third-order valence-electron chi connectivity index (χ3n) is 3.82. The second-order valence-electron chi connectivity index (χ2n) is 4.84. The molecule has 1 saturated heterocycles. The molecule has 1 aliphatic rings. The molecule has 1 unspecified atom stereocenters. The Hall–Kier alpha value is -1.04. The van der Waals surface area contributed by atoms with Gasteiger partial charge in [-0.25, -0.2) is 4.79 Å². The van der Waals surface area contributed by atoms with Gasteiger partial charge in [0.1, 0.15) is 5.54 Å². The summed E-state index contributed by atoms with van der Waals surface area (Å²) in [7, 11) is 0. The molecule has 2 rings (SSSR count). The van der Waals surface area contributed by atoms with Crippen LogP contribution in [0.3, 0.4) is 0 Å². The van der Waals surface area contributed by atoms with Gasteiger partial charge in [0.2, 0.25) is 0 Å². The van der Waals surface area contributed by atoms with Gasteiger partial charge in [0, 0.05) is 31.1 Å². The average Bonchev–Trinajstić information content (AvgIpc) is 2.47. The number of nitrogens with one attached hydrogen (secondary N) is 1. The molecule has 0 aliphatic carbocycles. The lowest BCUT2D eigenvalue weighted by molar-refractivity contribution is -0.151. The van der Waals surface area contributed by atoms with Gasteiger partial charge < -0.3 is 10.4 Å². The highest BCUT2D eigenvalue weighted by Gasteiger charge is 2.41. The van der Waals surface area contributed by atoms with Gasteiger partial charge in [-0.2, -0.15) is 0 Å². The van der Waals surface area contributed by atoms with Gasteiger partial charge in [0.05, 0.1) is 0 Å². The van der Waals surface area contributed by atoms with Crippen LogP contribution in [0.15, 0.2) is 29.2 Å². The SMILES string of the molecule is CSc1ccc(C(C)(C(=O)O)N2CCNCC2)cc1. The van der Waals surface area contributed by atoms with Gasteiger partial charge in [-0.1, -0.05) is 12.1 Å². The maximum absolute atomic E-state index is 11.8. The number of hydrogen-bond donors (Lipinski definition) is 2. The molecule has 0 spiro atoms. The number of piperazine rings is 1. The molecule has 19 heavy (non-hydrogen) atoms. The Morgan fingerprint density at radius 2 is 1.89 bits per heavy atom. The lowest BCUT2D eigenvalue weighted by Crippen LogP contribution is -2.56. The first-order valence-electron chi connectivity index (χ1n) is 6.42. The monoisotopic (exact) mass is 280 g/mol. The molecule has 0 saturated carbocycles. The zero-order valence-corrected chi connectivity index (χ0v) is 12.2. The molecule has 104 valence electrons. The molecule has 0 aromatic heterocycles. The van der Waals surface area contributed by atoms with E-state index >= 15 is 0 Å². The highest BCUT2D eigenvalue weighted by atomic mass is 32.2. The van der Waals surface area contributed by atoms with E-state index in [1.54, 1.807) is 18.7 Å². The minimum Gasteiger partial charge on any atom is -0.480 e. The van der Waals surface area contributed by atoms with Crippen molar-refractivity contribution in [2.24, 2.45) is 0 Å². The van der Waals surface area contributed by atoms with Crippen molar-refractivity contribution < 1.29 is 9.90 Å². The summed E-state index contributed by atoms with van der Waals surface area (Å²) in [5.74, 6) is -0.786. The minimum atomic E-state index is -0.945. The van der Waals surface area contributed by atoms with Crippen LogP contribution in [-0.2, 0) is 10.3 Å². The lowest BCUT2D eigenvalue weighted by atomic mass is 9.89. The molecule has 0 radical (unpaired) electrons. The van der Waals surface area contributed by atoms with E-state index in [4.69, 9.17) is 0 Å². The van der Waals surface area contributed by atoms with Crippen LogP contribution in [0.1, 0.15) is 12.5 Å². The fourth-order valence-electron chi connectivity index (χ4n) is 2.47. The van der Waals surface area contributed by atoms with Crippen LogP contribution >= 0.6 is 11.8 Å². The standard InChI is InChI=1S/C14H20N2O2S/c1-14(13(17)18,16-9-7-15-8-10-16)11-3-5-12(19-2)6-4-11/h3-6,15H,7-10H2,1-2H3,(H,17,18). The first-order valence-corrected chi connectivity index (χ1v) is 7.65.